The molecular weight excluding hydrogens is 148 g/mol. The van der Waals surface area contributed by atoms with E-state index < -0.39 is 0 Å². The molecule has 1 saturated heterocycles. The molecule has 0 saturated carbocycles. The second-order valence-corrected chi connectivity index (χ2v) is 5.71. The summed E-state index contributed by atoms with van der Waals surface area (Å²) in [5.74, 6) is 0.831. The van der Waals surface area contributed by atoms with E-state index in [0.29, 0.717) is 5.41 Å². The molecule has 1 atom stereocenters. The number of nitrogens with zero attached hydrogens (tertiary/aromatic N) is 2. The summed E-state index contributed by atoms with van der Waals surface area (Å²) in [4.78, 5) is 0. The summed E-state index contributed by atoms with van der Waals surface area (Å²) in [5.41, 5.74) is 0.459. The van der Waals surface area contributed by atoms with Crippen molar-refractivity contribution in [3.63, 3.8) is 0 Å². The molecule has 0 amide bonds. The number of hydrogen-bond donors (Lipinski definition) is 0. The molecule has 1 fully saturated rings. The lowest BCUT2D eigenvalue weighted by molar-refractivity contribution is -0.986. The van der Waals surface area contributed by atoms with Gasteiger partial charge in [0.05, 0.1) is 20.6 Å². The summed E-state index contributed by atoms with van der Waals surface area (Å²) in [6.07, 6.45) is 0. The molecule has 0 spiro atoms. The molecule has 2 heteroatoms. The molecule has 1 heterocycles. The van der Waals surface area contributed by atoms with E-state index in [1.165, 1.54) is 13.1 Å². The fourth-order valence-electron chi connectivity index (χ4n) is 1.82. The Labute approximate surface area is 76.7 Å². The van der Waals surface area contributed by atoms with Crippen molar-refractivity contribution in [2.24, 2.45) is 11.3 Å². The fraction of sp³-hybridized carbons (Fsp3) is 1.00. The number of quaternary nitrogens is 1. The normalized spacial score (nSPS) is 31.0. The molecule has 12 heavy (non-hydrogen) atoms. The Kier molecular flexibility index (Phi) is 2.26. The summed E-state index contributed by atoms with van der Waals surface area (Å²) in [6.45, 7) is 9.54. The van der Waals surface area contributed by atoms with Gasteiger partial charge < -0.3 is 0 Å². The van der Waals surface area contributed by atoms with Crippen LogP contribution in [0.25, 0.3) is 0 Å². The quantitative estimate of drug-likeness (QED) is 0.500. The monoisotopic (exact) mass is 171 g/mol. The molecule has 1 aliphatic heterocycles. The van der Waals surface area contributed by atoms with Gasteiger partial charge in [-0.05, 0) is 5.41 Å². The van der Waals surface area contributed by atoms with E-state index in [1.54, 1.807) is 0 Å². The molecule has 1 rings (SSSR count). The predicted molar refractivity (Wildman–Crippen MR) is 52.6 cm³/mol. The van der Waals surface area contributed by atoms with Gasteiger partial charge >= 0.3 is 0 Å². The molecule has 1 aliphatic rings. The van der Waals surface area contributed by atoms with Gasteiger partial charge in [0.25, 0.3) is 0 Å². The van der Waals surface area contributed by atoms with Gasteiger partial charge in [0.1, 0.15) is 6.54 Å². The molecule has 0 radical (unpaired) electrons. The zero-order valence-electron chi connectivity index (χ0n) is 9.39. The minimum Gasteiger partial charge on any atom is -0.248 e. The van der Waals surface area contributed by atoms with Crippen LogP contribution in [0.3, 0.4) is 0 Å². The van der Waals surface area contributed by atoms with E-state index in [9.17, 15) is 0 Å². The van der Waals surface area contributed by atoms with Crippen molar-refractivity contribution in [3.8, 4) is 0 Å². The van der Waals surface area contributed by atoms with E-state index in [0.717, 1.165) is 10.5 Å². The molecule has 72 valence electrons. The molecule has 0 aliphatic carbocycles. The van der Waals surface area contributed by atoms with Crippen molar-refractivity contribution in [1.29, 1.82) is 0 Å². The minimum atomic E-state index is 0.459. The molecular formula is C10H23N2+. The fourth-order valence-corrected chi connectivity index (χ4v) is 1.82. The second-order valence-electron chi connectivity index (χ2n) is 5.71. The molecule has 0 aromatic heterocycles. The van der Waals surface area contributed by atoms with Crippen LogP contribution in [0, 0.1) is 11.3 Å². The van der Waals surface area contributed by atoms with Gasteiger partial charge in [-0.1, -0.05) is 20.8 Å². The summed E-state index contributed by atoms with van der Waals surface area (Å²) in [7, 11) is 6.78. The first kappa shape index (κ1) is 10.0. The van der Waals surface area contributed by atoms with Gasteiger partial charge in [0, 0.05) is 13.0 Å². The van der Waals surface area contributed by atoms with Crippen LogP contribution in [0.15, 0.2) is 0 Å². The first-order chi connectivity index (χ1) is 5.23. The summed E-state index contributed by atoms with van der Waals surface area (Å²) < 4.78 is 1.04. The minimum absolute atomic E-state index is 0.459. The zero-order valence-corrected chi connectivity index (χ0v) is 9.39. The lowest BCUT2D eigenvalue weighted by Gasteiger charge is -2.30. The van der Waals surface area contributed by atoms with Gasteiger partial charge in [-0.15, -0.1) is 0 Å². The van der Waals surface area contributed by atoms with Gasteiger partial charge in [0.15, 0.2) is 0 Å². The lowest BCUT2D eigenvalue weighted by Crippen LogP contribution is -2.47. The van der Waals surface area contributed by atoms with Crippen LogP contribution < -0.4 is 0 Å². The summed E-state index contributed by atoms with van der Waals surface area (Å²) in [5, 5.41) is 2.43. The predicted octanol–water partition coefficient (Wildman–Crippen LogP) is 1.59. The number of rotatable bonds is 0. The van der Waals surface area contributed by atoms with E-state index >= 15 is 0 Å². The summed E-state index contributed by atoms with van der Waals surface area (Å²) >= 11 is 0. The van der Waals surface area contributed by atoms with Crippen molar-refractivity contribution < 1.29 is 4.59 Å². The van der Waals surface area contributed by atoms with Gasteiger partial charge in [-0.25, -0.2) is 4.59 Å². The standard InChI is InChI=1S/C10H23N2/c1-10(2,3)9-7-11(4)12(5,6)8-9/h9H,7-8H2,1-6H3/q+1. The van der Waals surface area contributed by atoms with Crippen molar-refractivity contribution in [2.45, 2.75) is 20.8 Å². The van der Waals surface area contributed by atoms with Gasteiger partial charge in [0.2, 0.25) is 0 Å². The first-order valence-corrected chi connectivity index (χ1v) is 4.78. The average Bonchev–Trinajstić information content (AvgIpc) is 2.06. The Balaban J connectivity index is 2.67. The Bertz CT molecular complexity index is 167. The first-order valence-electron chi connectivity index (χ1n) is 4.78. The van der Waals surface area contributed by atoms with Crippen molar-refractivity contribution in [1.82, 2.24) is 5.01 Å². The maximum atomic E-state index is 2.43. The second kappa shape index (κ2) is 2.71. The largest absolute Gasteiger partial charge is 0.248 e. The molecule has 0 N–H and O–H groups in total. The van der Waals surface area contributed by atoms with E-state index in [2.05, 4.69) is 46.9 Å². The molecule has 1 unspecified atom stereocenters. The van der Waals surface area contributed by atoms with Crippen LogP contribution >= 0.6 is 0 Å². The highest BCUT2D eigenvalue weighted by Gasteiger charge is 2.42. The highest BCUT2D eigenvalue weighted by molar-refractivity contribution is 4.77. The maximum absolute atomic E-state index is 2.43. The molecule has 2 nitrogen and oxygen atoms in total. The Morgan fingerprint density at radius 3 is 1.92 bits per heavy atom. The Morgan fingerprint density at radius 2 is 1.75 bits per heavy atom. The highest BCUT2D eigenvalue weighted by Crippen LogP contribution is 2.33. The third-order valence-electron chi connectivity index (χ3n) is 3.30. The highest BCUT2D eigenvalue weighted by atomic mass is 15.7. The SMILES string of the molecule is CN1CC(C(C)(C)C)C[N+]1(C)C. The molecule has 0 aromatic rings. The molecule has 0 bridgehead atoms. The van der Waals surface area contributed by atoms with Gasteiger partial charge in [-0.3, -0.25) is 0 Å². The van der Waals surface area contributed by atoms with Crippen LogP contribution in [0.5, 0.6) is 0 Å². The smallest absolute Gasteiger partial charge is 0.101 e. The third kappa shape index (κ3) is 1.80. The molecule has 0 aromatic carbocycles. The van der Waals surface area contributed by atoms with Crippen LogP contribution in [0.1, 0.15) is 20.8 Å². The maximum Gasteiger partial charge on any atom is 0.101 e. The zero-order chi connectivity index (χ0) is 9.57. The van der Waals surface area contributed by atoms with Crippen molar-refractivity contribution >= 4 is 0 Å². The van der Waals surface area contributed by atoms with Crippen LogP contribution in [-0.4, -0.2) is 43.8 Å². The topological polar surface area (TPSA) is 3.24 Å². The van der Waals surface area contributed by atoms with Gasteiger partial charge in [-0.2, -0.15) is 5.01 Å². The van der Waals surface area contributed by atoms with E-state index in [4.69, 9.17) is 0 Å². The van der Waals surface area contributed by atoms with Crippen molar-refractivity contribution in [3.05, 3.63) is 0 Å². The lowest BCUT2D eigenvalue weighted by atomic mass is 9.81. The summed E-state index contributed by atoms with van der Waals surface area (Å²) in [6, 6.07) is 0. The van der Waals surface area contributed by atoms with Crippen LogP contribution in [0.2, 0.25) is 0 Å². The average molecular weight is 171 g/mol. The third-order valence-corrected chi connectivity index (χ3v) is 3.30. The van der Waals surface area contributed by atoms with Crippen LogP contribution in [-0.2, 0) is 0 Å². The Morgan fingerprint density at radius 1 is 1.25 bits per heavy atom. The van der Waals surface area contributed by atoms with E-state index in [1.807, 2.05) is 0 Å². The number of hydrogen-bond acceptors (Lipinski definition) is 1. The van der Waals surface area contributed by atoms with E-state index in [-0.39, 0.29) is 0 Å². The van der Waals surface area contributed by atoms with Crippen LogP contribution in [0.4, 0.5) is 0 Å². The Hall–Kier alpha value is -0.0800. The van der Waals surface area contributed by atoms with Crippen molar-refractivity contribution in [2.75, 3.05) is 34.2 Å².